The van der Waals surface area contributed by atoms with Crippen LogP contribution in [-0.2, 0) is 4.74 Å². The van der Waals surface area contributed by atoms with Gasteiger partial charge < -0.3 is 23.6 Å². The third kappa shape index (κ3) is 3.13. The summed E-state index contributed by atoms with van der Waals surface area (Å²) in [6, 6.07) is 1.74. The number of rotatable bonds is 6. The van der Waals surface area contributed by atoms with Crippen LogP contribution in [-0.4, -0.2) is 40.1 Å². The number of ether oxygens (including phenoxy) is 2. The van der Waals surface area contributed by atoms with Crippen LogP contribution in [0.15, 0.2) is 29.1 Å². The zero-order valence-electron chi connectivity index (χ0n) is 15.5. The summed E-state index contributed by atoms with van der Waals surface area (Å²) in [5.74, 6) is 0.426. The van der Waals surface area contributed by atoms with Crippen molar-refractivity contribution in [2.45, 2.75) is 19.3 Å². The first-order chi connectivity index (χ1) is 14.0. The molecular formula is C19H18F2N4O4. The molecule has 3 aromatic rings. The second kappa shape index (κ2) is 6.80. The highest BCUT2D eigenvalue weighted by Gasteiger charge is 2.55. The van der Waals surface area contributed by atoms with E-state index >= 15 is 0 Å². The Kier molecular flexibility index (Phi) is 4.23. The molecule has 0 bridgehead atoms. The number of hydrogen-bond donors (Lipinski definition) is 1. The fourth-order valence-electron chi connectivity index (χ4n) is 3.92. The summed E-state index contributed by atoms with van der Waals surface area (Å²) >= 11 is 0. The van der Waals surface area contributed by atoms with E-state index in [0.29, 0.717) is 41.4 Å². The Balaban J connectivity index is 1.43. The molecule has 0 radical (unpaired) electrons. The molecule has 29 heavy (non-hydrogen) atoms. The highest BCUT2D eigenvalue weighted by atomic mass is 19.3. The average molecular weight is 404 g/mol. The van der Waals surface area contributed by atoms with Crippen LogP contribution in [0.2, 0.25) is 0 Å². The number of aromatic nitrogens is 3. The number of oxazole rings is 1. The summed E-state index contributed by atoms with van der Waals surface area (Å²) in [6.07, 6.45) is 1.65. The van der Waals surface area contributed by atoms with Gasteiger partial charge in [-0.1, -0.05) is 0 Å². The van der Waals surface area contributed by atoms with Gasteiger partial charge in [0.05, 0.1) is 25.5 Å². The van der Waals surface area contributed by atoms with E-state index in [-0.39, 0.29) is 5.69 Å². The number of nitrogens with one attached hydrogen (secondary N) is 1. The lowest BCUT2D eigenvalue weighted by atomic mass is 10.2. The van der Waals surface area contributed by atoms with Crippen LogP contribution in [0, 0.1) is 11.8 Å². The van der Waals surface area contributed by atoms with Crippen LogP contribution in [0.4, 0.5) is 14.5 Å². The molecule has 1 amide bonds. The Bertz CT molecular complexity index is 1070. The maximum absolute atomic E-state index is 12.6. The first-order valence-corrected chi connectivity index (χ1v) is 9.33. The summed E-state index contributed by atoms with van der Waals surface area (Å²) in [5, 5.41) is 2.65. The molecule has 0 aromatic carbocycles. The predicted molar refractivity (Wildman–Crippen MR) is 96.3 cm³/mol. The van der Waals surface area contributed by atoms with Crippen molar-refractivity contribution in [3.8, 4) is 5.75 Å². The number of carbonyl (C=O) groups is 1. The van der Waals surface area contributed by atoms with E-state index in [0.717, 1.165) is 25.2 Å². The highest BCUT2D eigenvalue weighted by Crippen LogP contribution is 2.57. The zero-order chi connectivity index (χ0) is 20.1. The van der Waals surface area contributed by atoms with Crippen LogP contribution >= 0.6 is 0 Å². The number of anilines is 1. The molecule has 5 rings (SSSR count). The Morgan fingerprint density at radius 1 is 1.34 bits per heavy atom. The largest absolute Gasteiger partial charge is 0.491 e. The van der Waals surface area contributed by atoms with Crippen molar-refractivity contribution in [2.75, 3.05) is 25.1 Å². The molecular weight excluding hydrogens is 386 g/mol. The number of pyridine rings is 1. The second-order valence-electron chi connectivity index (χ2n) is 7.13. The van der Waals surface area contributed by atoms with Crippen molar-refractivity contribution in [1.29, 1.82) is 0 Å². The summed E-state index contributed by atoms with van der Waals surface area (Å²) < 4.78 is 42.8. The van der Waals surface area contributed by atoms with E-state index in [1.54, 1.807) is 12.3 Å². The van der Waals surface area contributed by atoms with E-state index < -0.39 is 18.2 Å². The molecule has 3 aromatic heterocycles. The number of halogens is 2. The number of alkyl halides is 2. The van der Waals surface area contributed by atoms with E-state index in [4.69, 9.17) is 14.5 Å². The van der Waals surface area contributed by atoms with Crippen LogP contribution in [0.1, 0.15) is 41.3 Å². The van der Waals surface area contributed by atoms with Crippen LogP contribution in [0.5, 0.6) is 5.75 Å². The maximum Gasteiger partial charge on any atom is 0.313 e. The Labute approximate surface area is 163 Å². The number of fused-ring (bicyclic) bond motifs is 2. The van der Waals surface area contributed by atoms with E-state index in [1.807, 2.05) is 17.5 Å². The third-order valence-electron chi connectivity index (χ3n) is 5.36. The molecule has 1 N–H and O–H groups in total. The molecule has 1 saturated heterocycles. The van der Waals surface area contributed by atoms with Crippen LogP contribution < -0.4 is 10.1 Å². The molecule has 10 heteroatoms. The lowest BCUT2D eigenvalue weighted by molar-refractivity contribution is 0.102. The van der Waals surface area contributed by atoms with Gasteiger partial charge in [0.1, 0.15) is 23.3 Å². The highest BCUT2D eigenvalue weighted by molar-refractivity contribution is 6.03. The Morgan fingerprint density at radius 2 is 2.14 bits per heavy atom. The van der Waals surface area contributed by atoms with Gasteiger partial charge in [0.15, 0.2) is 5.69 Å². The van der Waals surface area contributed by atoms with Gasteiger partial charge in [-0.05, 0) is 18.8 Å². The van der Waals surface area contributed by atoms with E-state index in [9.17, 15) is 13.6 Å². The molecule has 2 unspecified atom stereocenters. The fourth-order valence-corrected chi connectivity index (χ4v) is 3.92. The molecule has 0 spiro atoms. The summed E-state index contributed by atoms with van der Waals surface area (Å²) in [4.78, 5) is 20.6. The van der Waals surface area contributed by atoms with Crippen LogP contribution in [0.25, 0.3) is 5.65 Å². The number of amides is 1. The number of imidazole rings is 1. The van der Waals surface area contributed by atoms with Gasteiger partial charge >= 0.3 is 6.43 Å². The zero-order valence-corrected chi connectivity index (χ0v) is 15.5. The van der Waals surface area contributed by atoms with Gasteiger partial charge in [-0.15, -0.1) is 0 Å². The van der Waals surface area contributed by atoms with E-state index in [2.05, 4.69) is 14.7 Å². The minimum absolute atomic E-state index is 0.236. The van der Waals surface area contributed by atoms with Gasteiger partial charge in [0.2, 0.25) is 0 Å². The quantitative estimate of drug-likeness (QED) is 0.678. The van der Waals surface area contributed by atoms with Gasteiger partial charge in [-0.2, -0.15) is 8.78 Å². The topological polar surface area (TPSA) is 90.9 Å². The molecule has 8 nitrogen and oxygen atoms in total. The summed E-state index contributed by atoms with van der Waals surface area (Å²) in [7, 11) is 0. The van der Waals surface area contributed by atoms with Crippen molar-refractivity contribution in [3.05, 3.63) is 42.0 Å². The molecule has 2 fully saturated rings. The number of carbonyl (C=O) groups excluding carboxylic acids is 1. The SMILES string of the molecule is CCOc1cc2nc(C3C4COCC43)cn2cc1NC(=O)c1coc(C(F)F)n1. The first-order valence-electron chi connectivity index (χ1n) is 9.33. The van der Waals surface area contributed by atoms with Crippen molar-refractivity contribution < 1.29 is 27.5 Å². The molecule has 2 atom stereocenters. The van der Waals surface area contributed by atoms with E-state index in [1.165, 1.54) is 0 Å². The predicted octanol–water partition coefficient (Wildman–Crippen LogP) is 3.27. The fraction of sp³-hybridized carbons (Fsp3) is 0.421. The van der Waals surface area contributed by atoms with Crippen LogP contribution in [0.3, 0.4) is 0 Å². The van der Waals surface area contributed by atoms with Gasteiger partial charge in [0.25, 0.3) is 11.8 Å². The molecule has 1 aliphatic carbocycles. The normalized spacial score (nSPS) is 22.8. The first kappa shape index (κ1) is 18.0. The Morgan fingerprint density at radius 3 is 2.83 bits per heavy atom. The minimum atomic E-state index is -2.89. The Hall–Kier alpha value is -3.01. The van der Waals surface area contributed by atoms with Crippen molar-refractivity contribution in [2.24, 2.45) is 11.8 Å². The van der Waals surface area contributed by atoms with Gasteiger partial charge in [-0.25, -0.2) is 9.97 Å². The molecule has 1 aliphatic heterocycles. The minimum Gasteiger partial charge on any atom is -0.491 e. The van der Waals surface area contributed by atoms with Crippen molar-refractivity contribution in [1.82, 2.24) is 14.4 Å². The molecule has 152 valence electrons. The lowest BCUT2D eigenvalue weighted by Gasteiger charge is -2.11. The standard InChI is InChI=1S/C19H18F2N4O4/c1-2-28-14-3-15-22-12(16-9-6-27-7-10(9)16)5-25(15)4-11(14)23-18(26)13-8-29-19(24-13)17(20)21/h3-5,8-10,16-17H,2,6-7H2,1H3,(H,23,26). The third-order valence-corrected chi connectivity index (χ3v) is 5.36. The second-order valence-corrected chi connectivity index (χ2v) is 7.13. The molecule has 2 aliphatic rings. The van der Waals surface area contributed by atoms with Gasteiger partial charge in [0, 0.05) is 24.4 Å². The molecule has 1 saturated carbocycles. The summed E-state index contributed by atoms with van der Waals surface area (Å²) in [5.41, 5.74) is 1.84. The van der Waals surface area contributed by atoms with Crippen molar-refractivity contribution in [3.63, 3.8) is 0 Å². The number of hydrogen-bond acceptors (Lipinski definition) is 6. The number of nitrogens with zero attached hydrogens (tertiary/aromatic N) is 3. The summed E-state index contributed by atoms with van der Waals surface area (Å²) in [6.45, 7) is 3.75. The monoisotopic (exact) mass is 404 g/mol. The van der Waals surface area contributed by atoms with Gasteiger partial charge in [-0.3, -0.25) is 4.79 Å². The smallest absolute Gasteiger partial charge is 0.313 e. The lowest BCUT2D eigenvalue weighted by Crippen LogP contribution is -2.14. The van der Waals surface area contributed by atoms with Crippen molar-refractivity contribution >= 4 is 17.2 Å². The molecule has 4 heterocycles. The maximum atomic E-state index is 12.6. The average Bonchev–Trinajstić information content (AvgIpc) is 3.18.